The van der Waals surface area contributed by atoms with Crippen LogP contribution in [0.1, 0.15) is 32.1 Å². The normalized spacial score (nSPS) is 17.2. The lowest BCUT2D eigenvalue weighted by Gasteiger charge is -2.33. The predicted octanol–water partition coefficient (Wildman–Crippen LogP) is 1.75. The number of amides is 1. The summed E-state index contributed by atoms with van der Waals surface area (Å²) in [6.45, 7) is 0.620. The number of carboxylic acids is 1. The molecule has 0 saturated carbocycles. The van der Waals surface area contributed by atoms with Crippen molar-refractivity contribution in [1.29, 1.82) is 0 Å². The minimum Gasteiger partial charge on any atom is -0.480 e. The summed E-state index contributed by atoms with van der Waals surface area (Å²) < 4.78 is 6.36. The zero-order chi connectivity index (χ0) is 19.6. The van der Waals surface area contributed by atoms with E-state index in [1.807, 2.05) is 0 Å². The van der Waals surface area contributed by atoms with E-state index in [9.17, 15) is 29.6 Å². The van der Waals surface area contributed by atoms with Crippen LogP contribution in [0.5, 0.6) is 0 Å². The van der Waals surface area contributed by atoms with Crippen LogP contribution in [0.4, 0.5) is 5.69 Å². The Morgan fingerprint density at radius 2 is 2.11 bits per heavy atom. The van der Waals surface area contributed by atoms with Crippen LogP contribution in [-0.2, 0) is 16.1 Å². The largest absolute Gasteiger partial charge is 0.480 e. The van der Waals surface area contributed by atoms with Gasteiger partial charge in [-0.05, 0) is 31.7 Å². The average molecular weight is 377 g/mol. The molecule has 1 amide bonds. The van der Waals surface area contributed by atoms with Gasteiger partial charge in [0.1, 0.15) is 6.04 Å². The van der Waals surface area contributed by atoms with E-state index in [0.717, 1.165) is 12.8 Å². The fourth-order valence-electron chi connectivity index (χ4n) is 3.40. The number of nitro benzene ring substituents is 1. The fourth-order valence-corrected chi connectivity index (χ4v) is 3.40. The number of nitrogens with zero attached hydrogens (tertiary/aromatic N) is 3. The van der Waals surface area contributed by atoms with Crippen LogP contribution >= 0.6 is 0 Å². The molecule has 1 saturated heterocycles. The van der Waals surface area contributed by atoms with Crippen molar-refractivity contribution < 1.29 is 24.0 Å². The molecule has 1 atom stereocenters. The number of carbonyl (C=O) groups is 2. The first-order valence-corrected chi connectivity index (χ1v) is 8.68. The highest BCUT2D eigenvalue weighted by atomic mass is 16.6. The molecule has 0 aliphatic carbocycles. The Morgan fingerprint density at radius 1 is 1.33 bits per heavy atom. The van der Waals surface area contributed by atoms with Crippen molar-refractivity contribution in [3.63, 3.8) is 0 Å². The molecular formula is C17H19N3O7. The quantitative estimate of drug-likeness (QED) is 0.598. The maximum atomic E-state index is 12.4. The van der Waals surface area contributed by atoms with Crippen molar-refractivity contribution in [2.75, 3.05) is 6.54 Å². The van der Waals surface area contributed by atoms with Crippen LogP contribution in [0.15, 0.2) is 27.4 Å². The van der Waals surface area contributed by atoms with E-state index in [4.69, 9.17) is 4.42 Å². The summed E-state index contributed by atoms with van der Waals surface area (Å²) in [5, 5.41) is 20.1. The molecule has 10 nitrogen and oxygen atoms in total. The number of piperidine rings is 1. The number of aliphatic carboxylic acids is 1. The van der Waals surface area contributed by atoms with Crippen molar-refractivity contribution in [2.24, 2.45) is 0 Å². The van der Waals surface area contributed by atoms with Crippen LogP contribution in [0.3, 0.4) is 0 Å². The highest BCUT2D eigenvalue weighted by Crippen LogP contribution is 2.21. The highest BCUT2D eigenvalue weighted by Gasteiger charge is 2.31. The van der Waals surface area contributed by atoms with E-state index in [0.29, 0.717) is 24.9 Å². The van der Waals surface area contributed by atoms with E-state index >= 15 is 0 Å². The maximum Gasteiger partial charge on any atom is 0.419 e. The highest BCUT2D eigenvalue weighted by molar-refractivity contribution is 5.83. The molecule has 1 aromatic heterocycles. The maximum absolute atomic E-state index is 12.4. The van der Waals surface area contributed by atoms with Gasteiger partial charge in [0, 0.05) is 25.6 Å². The third-order valence-electron chi connectivity index (χ3n) is 4.74. The lowest BCUT2D eigenvalue weighted by Crippen LogP contribution is -2.47. The molecule has 0 spiro atoms. The molecule has 0 bridgehead atoms. The fraction of sp³-hybridized carbons (Fsp3) is 0.471. The standard InChI is InChI=1S/C17H19N3O7/c21-15(18-8-2-1-4-13(18)16(22)23)5-3-9-19-12-7-6-11(20(25)26)10-14(12)27-17(19)24/h6-7,10,13H,1-5,8-9H2,(H,22,23). The third kappa shape index (κ3) is 3.83. The average Bonchev–Trinajstić information content (AvgIpc) is 2.96. The number of non-ortho nitro benzene ring substituents is 1. The molecule has 2 heterocycles. The Labute approximate surface area is 153 Å². The van der Waals surface area contributed by atoms with Gasteiger partial charge in [0.15, 0.2) is 5.58 Å². The first-order chi connectivity index (χ1) is 12.9. The lowest BCUT2D eigenvalue weighted by molar-refractivity contribution is -0.384. The summed E-state index contributed by atoms with van der Waals surface area (Å²) in [6.07, 6.45) is 2.44. The number of likely N-dealkylation sites (tertiary alicyclic amines) is 1. The number of fused-ring (bicyclic) bond motifs is 1. The van der Waals surface area contributed by atoms with Gasteiger partial charge in [0.25, 0.3) is 5.69 Å². The molecule has 1 fully saturated rings. The summed E-state index contributed by atoms with van der Waals surface area (Å²) in [5.41, 5.74) is 0.352. The van der Waals surface area contributed by atoms with Gasteiger partial charge in [-0.3, -0.25) is 19.5 Å². The zero-order valence-electron chi connectivity index (χ0n) is 14.5. The lowest BCUT2D eigenvalue weighted by atomic mass is 10.0. The number of carboxylic acid groups (broad SMARTS) is 1. The minimum absolute atomic E-state index is 0.107. The summed E-state index contributed by atoms with van der Waals surface area (Å²) in [6, 6.07) is 3.11. The third-order valence-corrected chi connectivity index (χ3v) is 4.74. The number of benzene rings is 1. The first-order valence-electron chi connectivity index (χ1n) is 8.68. The molecule has 144 valence electrons. The Morgan fingerprint density at radius 3 is 2.81 bits per heavy atom. The Bertz CT molecular complexity index is 946. The second kappa shape index (κ2) is 7.60. The predicted molar refractivity (Wildman–Crippen MR) is 93.4 cm³/mol. The number of aromatic nitrogens is 1. The molecule has 0 radical (unpaired) electrons. The van der Waals surface area contributed by atoms with Gasteiger partial charge in [-0.25, -0.2) is 9.59 Å². The molecule has 2 aromatic rings. The van der Waals surface area contributed by atoms with Crippen molar-refractivity contribution >= 4 is 28.7 Å². The van der Waals surface area contributed by atoms with Crippen LogP contribution in [0.25, 0.3) is 11.1 Å². The Balaban J connectivity index is 1.67. The molecule has 1 unspecified atom stereocenters. The van der Waals surface area contributed by atoms with Gasteiger partial charge >= 0.3 is 11.7 Å². The van der Waals surface area contributed by atoms with Crippen LogP contribution in [0, 0.1) is 10.1 Å². The Hall–Kier alpha value is -3.17. The molecule has 10 heteroatoms. The second-order valence-electron chi connectivity index (χ2n) is 6.47. The van der Waals surface area contributed by atoms with E-state index in [2.05, 4.69) is 0 Å². The summed E-state index contributed by atoms with van der Waals surface area (Å²) in [4.78, 5) is 47.3. The second-order valence-corrected chi connectivity index (χ2v) is 6.47. The van der Waals surface area contributed by atoms with Crippen LogP contribution < -0.4 is 5.76 Å². The summed E-state index contributed by atoms with van der Waals surface area (Å²) in [5.74, 6) is -1.90. The van der Waals surface area contributed by atoms with Gasteiger partial charge in [-0.1, -0.05) is 0 Å². The molecule has 1 aliphatic rings. The molecule has 1 N–H and O–H groups in total. The van der Waals surface area contributed by atoms with Gasteiger partial charge in [-0.15, -0.1) is 0 Å². The summed E-state index contributed by atoms with van der Waals surface area (Å²) >= 11 is 0. The number of carbonyl (C=O) groups excluding carboxylic acids is 1. The van der Waals surface area contributed by atoms with Gasteiger partial charge < -0.3 is 14.4 Å². The van der Waals surface area contributed by atoms with Crippen molar-refractivity contribution in [3.8, 4) is 0 Å². The molecule has 3 rings (SSSR count). The van der Waals surface area contributed by atoms with Crippen LogP contribution in [0.2, 0.25) is 0 Å². The smallest absolute Gasteiger partial charge is 0.419 e. The van der Waals surface area contributed by atoms with E-state index in [1.54, 1.807) is 0 Å². The first kappa shape index (κ1) is 18.6. The van der Waals surface area contributed by atoms with Gasteiger partial charge in [-0.2, -0.15) is 0 Å². The topological polar surface area (TPSA) is 136 Å². The molecule has 27 heavy (non-hydrogen) atoms. The zero-order valence-corrected chi connectivity index (χ0v) is 14.5. The van der Waals surface area contributed by atoms with Crippen molar-refractivity contribution in [1.82, 2.24) is 9.47 Å². The van der Waals surface area contributed by atoms with E-state index in [-0.39, 0.29) is 30.1 Å². The summed E-state index contributed by atoms with van der Waals surface area (Å²) in [7, 11) is 0. The number of rotatable bonds is 6. The Kier molecular flexibility index (Phi) is 5.24. The monoisotopic (exact) mass is 377 g/mol. The molecule has 1 aliphatic heterocycles. The molecule has 1 aromatic carbocycles. The van der Waals surface area contributed by atoms with Crippen molar-refractivity contribution in [2.45, 2.75) is 44.7 Å². The van der Waals surface area contributed by atoms with Crippen LogP contribution in [-0.4, -0.2) is 44.0 Å². The number of oxazole rings is 1. The number of nitro groups is 1. The number of hydrogen-bond donors (Lipinski definition) is 1. The number of hydrogen-bond acceptors (Lipinski definition) is 6. The number of aryl methyl sites for hydroxylation is 1. The van der Waals surface area contributed by atoms with Gasteiger partial charge in [0.2, 0.25) is 5.91 Å². The van der Waals surface area contributed by atoms with E-state index in [1.165, 1.54) is 27.7 Å². The van der Waals surface area contributed by atoms with Crippen molar-refractivity contribution in [3.05, 3.63) is 38.9 Å². The van der Waals surface area contributed by atoms with Gasteiger partial charge in [0.05, 0.1) is 16.5 Å². The molecular weight excluding hydrogens is 358 g/mol. The SMILES string of the molecule is O=C(O)C1CCCCN1C(=O)CCCn1c(=O)oc2cc([N+](=O)[O-])ccc21. The minimum atomic E-state index is -0.998. The van der Waals surface area contributed by atoms with E-state index < -0.39 is 22.7 Å².